The number of carbonyl (C=O) groups is 1. The topological polar surface area (TPSA) is 76.0 Å². The zero-order valence-electron chi connectivity index (χ0n) is 15.2. The van der Waals surface area contributed by atoms with Crippen molar-refractivity contribution in [3.63, 3.8) is 0 Å². The van der Waals surface area contributed by atoms with Gasteiger partial charge in [-0.1, -0.05) is 48.4 Å². The molecule has 28 heavy (non-hydrogen) atoms. The second-order valence-electron chi connectivity index (χ2n) is 5.84. The largest absolute Gasteiger partial charge is 0.483 e. The van der Waals surface area contributed by atoms with Crippen molar-refractivity contribution in [1.29, 1.82) is 0 Å². The second-order valence-corrected chi connectivity index (χ2v) is 5.84. The summed E-state index contributed by atoms with van der Waals surface area (Å²) in [7, 11) is 0. The van der Waals surface area contributed by atoms with E-state index in [0.29, 0.717) is 5.82 Å². The Kier molecular flexibility index (Phi) is 6.06. The molecule has 0 atom stereocenters. The number of hydrogen-bond donors (Lipinski definition) is 1. The summed E-state index contributed by atoms with van der Waals surface area (Å²) in [5.41, 5.74) is 4.39. The van der Waals surface area contributed by atoms with Gasteiger partial charge in [-0.25, -0.2) is 15.0 Å². The molecule has 2 heterocycles. The Hall–Kier alpha value is -4.04. The fraction of sp³-hybridized carbons (Fsp3) is 0.0435. The zero-order chi connectivity index (χ0) is 19.8. The van der Waals surface area contributed by atoms with E-state index in [1.165, 1.54) is 0 Å². The quantitative estimate of drug-likeness (QED) is 0.405. The van der Waals surface area contributed by atoms with Gasteiger partial charge < -0.3 is 5.11 Å². The summed E-state index contributed by atoms with van der Waals surface area (Å²) >= 11 is 0. The highest BCUT2D eigenvalue weighted by molar-refractivity contribution is 5.79. The molecule has 0 aliphatic heterocycles. The van der Waals surface area contributed by atoms with Crippen LogP contribution in [-0.4, -0.2) is 26.5 Å². The van der Waals surface area contributed by atoms with Crippen molar-refractivity contribution >= 4 is 17.4 Å². The third-order valence-electron chi connectivity index (χ3n) is 3.91. The van der Waals surface area contributed by atoms with Crippen LogP contribution in [0, 0.1) is 18.8 Å². The molecule has 0 spiro atoms. The highest BCUT2D eigenvalue weighted by Crippen LogP contribution is 2.18. The molecule has 1 N–H and O–H groups in total. The second kappa shape index (κ2) is 9.06. The maximum Gasteiger partial charge on any atom is 0.290 e. The van der Waals surface area contributed by atoms with Crippen LogP contribution >= 0.6 is 0 Å². The monoisotopic (exact) mass is 367 g/mol. The van der Waals surface area contributed by atoms with Gasteiger partial charge in [-0.15, -0.1) is 0 Å². The third-order valence-corrected chi connectivity index (χ3v) is 3.91. The average molecular weight is 367 g/mol. The van der Waals surface area contributed by atoms with Gasteiger partial charge in [0.15, 0.2) is 5.82 Å². The standard InChI is InChI=1S/C22H15N3.CH2O2/c1-16-11-13-21(22-23-15-18-9-5-6-10-20(18)25-22)24-19(16)14-12-17-7-3-2-4-8-17;2-1-3/h2-11,13,15H,1H3;1H,(H,2,3). The van der Waals surface area contributed by atoms with Crippen LogP contribution in [0.15, 0.2) is 72.9 Å². The predicted octanol–water partition coefficient (Wildman–Crippen LogP) is 4.10. The van der Waals surface area contributed by atoms with Gasteiger partial charge in [0.2, 0.25) is 0 Å². The number of hydrogen-bond acceptors (Lipinski definition) is 4. The Balaban J connectivity index is 0.000000706. The van der Waals surface area contributed by atoms with Crippen LogP contribution in [0.1, 0.15) is 16.8 Å². The zero-order valence-corrected chi connectivity index (χ0v) is 15.2. The van der Waals surface area contributed by atoms with E-state index >= 15 is 0 Å². The van der Waals surface area contributed by atoms with E-state index in [4.69, 9.17) is 9.90 Å². The van der Waals surface area contributed by atoms with E-state index in [1.807, 2.05) is 79.9 Å². The van der Waals surface area contributed by atoms with E-state index in [9.17, 15) is 0 Å². The fourth-order valence-electron chi connectivity index (χ4n) is 2.53. The lowest BCUT2D eigenvalue weighted by molar-refractivity contribution is -0.122. The normalized spacial score (nSPS) is 9.61. The van der Waals surface area contributed by atoms with Crippen molar-refractivity contribution in [2.75, 3.05) is 0 Å². The summed E-state index contributed by atoms with van der Waals surface area (Å²) < 4.78 is 0. The number of benzene rings is 2. The molecule has 2 aromatic carbocycles. The number of para-hydroxylation sites is 1. The molecule has 0 aliphatic rings. The first-order valence-electron chi connectivity index (χ1n) is 8.56. The first-order valence-corrected chi connectivity index (χ1v) is 8.56. The summed E-state index contributed by atoms with van der Waals surface area (Å²) in [6, 6.07) is 21.8. The van der Waals surface area contributed by atoms with Crippen molar-refractivity contribution in [1.82, 2.24) is 15.0 Å². The van der Waals surface area contributed by atoms with Crippen molar-refractivity contribution in [2.45, 2.75) is 6.92 Å². The minimum Gasteiger partial charge on any atom is -0.483 e. The minimum atomic E-state index is -0.250. The summed E-state index contributed by atoms with van der Waals surface area (Å²) in [6.45, 7) is 1.76. The third kappa shape index (κ3) is 4.57. The number of carboxylic acid groups (broad SMARTS) is 1. The molecule has 0 amide bonds. The van der Waals surface area contributed by atoms with Crippen LogP contribution in [0.2, 0.25) is 0 Å². The lowest BCUT2D eigenvalue weighted by Gasteiger charge is -2.04. The first kappa shape index (κ1) is 18.7. The molecule has 0 bridgehead atoms. The van der Waals surface area contributed by atoms with Crippen LogP contribution in [0.4, 0.5) is 0 Å². The molecular weight excluding hydrogens is 350 g/mol. The van der Waals surface area contributed by atoms with Crippen LogP contribution in [0.25, 0.3) is 22.4 Å². The smallest absolute Gasteiger partial charge is 0.290 e. The maximum absolute atomic E-state index is 8.36. The minimum absolute atomic E-state index is 0.250. The van der Waals surface area contributed by atoms with Gasteiger partial charge in [0.25, 0.3) is 6.47 Å². The van der Waals surface area contributed by atoms with Crippen LogP contribution in [0.5, 0.6) is 0 Å². The number of pyridine rings is 1. The summed E-state index contributed by atoms with van der Waals surface area (Å²) in [6.07, 6.45) is 1.83. The van der Waals surface area contributed by atoms with E-state index in [0.717, 1.165) is 33.4 Å². The number of rotatable bonds is 1. The lowest BCUT2D eigenvalue weighted by Crippen LogP contribution is -1.96. The van der Waals surface area contributed by atoms with Gasteiger partial charge >= 0.3 is 0 Å². The Bertz CT molecular complexity index is 1160. The van der Waals surface area contributed by atoms with Crippen molar-refractivity contribution in [3.8, 4) is 23.4 Å². The molecule has 0 saturated heterocycles. The lowest BCUT2D eigenvalue weighted by atomic mass is 10.1. The Morgan fingerprint density at radius 2 is 1.61 bits per heavy atom. The number of aryl methyl sites for hydroxylation is 1. The highest BCUT2D eigenvalue weighted by Gasteiger charge is 2.07. The van der Waals surface area contributed by atoms with Gasteiger partial charge in [-0.05, 0) is 42.7 Å². The first-order chi connectivity index (χ1) is 13.7. The molecule has 0 saturated carbocycles. The van der Waals surface area contributed by atoms with Gasteiger partial charge in [0.05, 0.1) is 5.52 Å². The molecule has 2 aromatic heterocycles. The summed E-state index contributed by atoms with van der Waals surface area (Å²) in [5, 5.41) is 7.91. The number of aromatic nitrogens is 3. The van der Waals surface area contributed by atoms with Gasteiger partial charge in [0.1, 0.15) is 11.4 Å². The SMILES string of the molecule is Cc1ccc(-c2ncc3ccccc3n2)nc1C#Cc1ccccc1.O=CO. The highest BCUT2D eigenvalue weighted by atomic mass is 16.3. The maximum atomic E-state index is 8.36. The molecule has 0 unspecified atom stereocenters. The summed E-state index contributed by atoms with van der Waals surface area (Å²) in [4.78, 5) is 22.1. The average Bonchev–Trinajstić information content (AvgIpc) is 2.74. The summed E-state index contributed by atoms with van der Waals surface area (Å²) in [5.74, 6) is 6.93. The van der Waals surface area contributed by atoms with E-state index in [2.05, 4.69) is 26.8 Å². The molecule has 0 aliphatic carbocycles. The van der Waals surface area contributed by atoms with Gasteiger partial charge in [-0.2, -0.15) is 0 Å². The van der Waals surface area contributed by atoms with Gasteiger partial charge in [0, 0.05) is 17.1 Å². The Morgan fingerprint density at radius 3 is 2.39 bits per heavy atom. The van der Waals surface area contributed by atoms with Crippen LogP contribution in [0.3, 0.4) is 0 Å². The van der Waals surface area contributed by atoms with Crippen LogP contribution in [-0.2, 0) is 4.79 Å². The number of fused-ring (bicyclic) bond motifs is 1. The van der Waals surface area contributed by atoms with Crippen LogP contribution < -0.4 is 0 Å². The van der Waals surface area contributed by atoms with Crippen molar-refractivity contribution in [3.05, 3.63) is 89.7 Å². The molecular formula is C23H17N3O2. The predicted molar refractivity (Wildman–Crippen MR) is 109 cm³/mol. The molecule has 0 fully saturated rings. The number of nitrogens with zero attached hydrogens (tertiary/aromatic N) is 3. The molecule has 5 heteroatoms. The molecule has 4 aromatic rings. The van der Waals surface area contributed by atoms with E-state index < -0.39 is 0 Å². The van der Waals surface area contributed by atoms with E-state index in [-0.39, 0.29) is 6.47 Å². The van der Waals surface area contributed by atoms with E-state index in [1.54, 1.807) is 0 Å². The molecule has 136 valence electrons. The van der Waals surface area contributed by atoms with Gasteiger partial charge in [-0.3, -0.25) is 4.79 Å². The molecule has 0 radical (unpaired) electrons. The Morgan fingerprint density at radius 1 is 0.893 bits per heavy atom. The molecule has 5 nitrogen and oxygen atoms in total. The van der Waals surface area contributed by atoms with Crippen molar-refractivity contribution < 1.29 is 9.90 Å². The fourth-order valence-corrected chi connectivity index (χ4v) is 2.53. The van der Waals surface area contributed by atoms with Crippen molar-refractivity contribution in [2.24, 2.45) is 0 Å². The molecule has 4 rings (SSSR count). The Labute approximate surface area is 162 Å².